The molecule has 106 valence electrons. The lowest BCUT2D eigenvalue weighted by molar-refractivity contribution is 0.0800. The van der Waals surface area contributed by atoms with Crippen LogP contribution in [0.15, 0.2) is 53.3 Å². The molecule has 2 aromatic rings. The number of carbonyl (C=O) groups excluding carboxylic acids is 1. The summed E-state index contributed by atoms with van der Waals surface area (Å²) in [6.07, 6.45) is 5.47. The number of hydrogen-bond acceptors (Lipinski definition) is 2. The fourth-order valence-corrected chi connectivity index (χ4v) is 2.79. The average Bonchev–Trinajstić information content (AvgIpc) is 3.00. The van der Waals surface area contributed by atoms with E-state index in [1.54, 1.807) is 12.4 Å². The summed E-state index contributed by atoms with van der Waals surface area (Å²) >= 11 is 3.43. The third-order valence-electron chi connectivity index (χ3n) is 3.74. The minimum atomic E-state index is 0.0310. The smallest absolute Gasteiger partial charge is 0.256 e. The molecule has 0 radical (unpaired) electrons. The average molecular weight is 343 g/mol. The van der Waals surface area contributed by atoms with E-state index in [0.29, 0.717) is 18.7 Å². The van der Waals surface area contributed by atoms with Crippen molar-refractivity contribution in [3.63, 3.8) is 0 Å². The van der Waals surface area contributed by atoms with Crippen LogP contribution in [0.3, 0.4) is 0 Å². The zero-order valence-corrected chi connectivity index (χ0v) is 13.3. The lowest BCUT2D eigenvalue weighted by Crippen LogP contribution is -2.29. The van der Waals surface area contributed by atoms with E-state index in [1.165, 1.54) is 11.1 Å². The highest BCUT2D eigenvalue weighted by Gasteiger charge is 2.23. The Morgan fingerprint density at radius 3 is 2.76 bits per heavy atom. The summed E-state index contributed by atoms with van der Waals surface area (Å²) in [7, 11) is 0. The van der Waals surface area contributed by atoms with Gasteiger partial charge in [-0.1, -0.05) is 36.4 Å². The van der Waals surface area contributed by atoms with Crippen LogP contribution in [0, 0.1) is 6.92 Å². The normalized spacial score (nSPS) is 14.2. The molecule has 1 aromatic heterocycles. The summed E-state index contributed by atoms with van der Waals surface area (Å²) in [6.45, 7) is 3.23. The Bertz CT molecular complexity index is 710. The van der Waals surface area contributed by atoms with Gasteiger partial charge in [-0.2, -0.15) is 0 Å². The molecule has 0 saturated carbocycles. The van der Waals surface area contributed by atoms with E-state index in [2.05, 4.69) is 39.1 Å². The maximum atomic E-state index is 12.6. The van der Waals surface area contributed by atoms with E-state index in [4.69, 9.17) is 0 Å². The third-order valence-corrected chi connectivity index (χ3v) is 4.53. The van der Waals surface area contributed by atoms with Crippen molar-refractivity contribution in [3.05, 3.63) is 70.0 Å². The van der Waals surface area contributed by atoms with Crippen LogP contribution in [-0.4, -0.2) is 28.9 Å². The van der Waals surface area contributed by atoms with Gasteiger partial charge in [0, 0.05) is 30.0 Å². The molecule has 3 rings (SSSR count). The van der Waals surface area contributed by atoms with Crippen molar-refractivity contribution in [1.29, 1.82) is 0 Å². The predicted octanol–water partition coefficient (Wildman–Crippen LogP) is 3.69. The van der Waals surface area contributed by atoms with Crippen LogP contribution in [0.25, 0.3) is 5.57 Å². The minimum Gasteiger partial charge on any atom is -0.331 e. The molecule has 4 heteroatoms. The van der Waals surface area contributed by atoms with Crippen LogP contribution < -0.4 is 0 Å². The van der Waals surface area contributed by atoms with Crippen LogP contribution in [0.2, 0.25) is 0 Å². The van der Waals surface area contributed by atoms with Gasteiger partial charge >= 0.3 is 0 Å². The Morgan fingerprint density at radius 1 is 1.24 bits per heavy atom. The number of rotatable bonds is 2. The summed E-state index contributed by atoms with van der Waals surface area (Å²) in [5.74, 6) is 0.0310. The molecule has 0 aliphatic carbocycles. The molecule has 1 aliphatic rings. The number of hydrogen-bond donors (Lipinski definition) is 0. The topological polar surface area (TPSA) is 33.2 Å². The van der Waals surface area contributed by atoms with E-state index < -0.39 is 0 Å². The number of nitrogens with zero attached hydrogens (tertiary/aromatic N) is 2. The molecule has 1 aromatic carbocycles. The zero-order valence-electron chi connectivity index (χ0n) is 11.7. The second kappa shape index (κ2) is 5.82. The Morgan fingerprint density at radius 2 is 2.00 bits per heavy atom. The molecule has 0 N–H and O–H groups in total. The van der Waals surface area contributed by atoms with Crippen molar-refractivity contribution in [2.75, 3.05) is 13.1 Å². The molecule has 0 atom stereocenters. The van der Waals surface area contributed by atoms with Crippen molar-refractivity contribution in [1.82, 2.24) is 9.88 Å². The summed E-state index contributed by atoms with van der Waals surface area (Å²) in [4.78, 5) is 18.6. The standard InChI is InChI=1S/C17H15BrN2O/c1-12-15(9-19-10-16(12)18)17(21)20-8-7-14(11-20)13-5-3-2-4-6-13/h2-7,9-10H,8,11H2,1H3. The molecule has 0 bridgehead atoms. The van der Waals surface area contributed by atoms with Gasteiger partial charge in [-0.25, -0.2) is 0 Å². The largest absolute Gasteiger partial charge is 0.331 e. The number of benzene rings is 1. The van der Waals surface area contributed by atoms with Gasteiger partial charge < -0.3 is 4.90 Å². The van der Waals surface area contributed by atoms with Gasteiger partial charge in [0.05, 0.1) is 5.56 Å². The Balaban J connectivity index is 1.79. The van der Waals surface area contributed by atoms with Crippen molar-refractivity contribution in [2.45, 2.75) is 6.92 Å². The third kappa shape index (κ3) is 2.76. The van der Waals surface area contributed by atoms with Crippen LogP contribution >= 0.6 is 15.9 Å². The first-order valence-corrected chi connectivity index (χ1v) is 7.60. The van der Waals surface area contributed by atoms with E-state index in [1.807, 2.05) is 30.0 Å². The SMILES string of the molecule is Cc1c(Br)cncc1C(=O)N1CC=C(c2ccccc2)C1. The van der Waals surface area contributed by atoms with Gasteiger partial charge in [0.2, 0.25) is 0 Å². The van der Waals surface area contributed by atoms with Crippen LogP contribution in [-0.2, 0) is 0 Å². The number of carbonyl (C=O) groups is 1. The van der Waals surface area contributed by atoms with E-state index in [9.17, 15) is 4.79 Å². The lowest BCUT2D eigenvalue weighted by Gasteiger charge is -2.18. The Labute approximate surface area is 132 Å². The highest BCUT2D eigenvalue weighted by atomic mass is 79.9. The second-order valence-corrected chi connectivity index (χ2v) is 5.93. The summed E-state index contributed by atoms with van der Waals surface area (Å²) in [6, 6.07) is 10.2. The molecule has 1 amide bonds. The van der Waals surface area contributed by atoms with Gasteiger partial charge in [-0.15, -0.1) is 0 Å². The number of amides is 1. The van der Waals surface area contributed by atoms with Crippen LogP contribution in [0.4, 0.5) is 0 Å². The Hall–Kier alpha value is -1.94. The first-order valence-electron chi connectivity index (χ1n) is 6.80. The van der Waals surface area contributed by atoms with Crippen LogP contribution in [0.5, 0.6) is 0 Å². The van der Waals surface area contributed by atoms with E-state index in [-0.39, 0.29) is 5.91 Å². The van der Waals surface area contributed by atoms with Crippen molar-refractivity contribution < 1.29 is 4.79 Å². The van der Waals surface area contributed by atoms with Crippen LogP contribution in [0.1, 0.15) is 21.5 Å². The maximum absolute atomic E-state index is 12.6. The number of aromatic nitrogens is 1. The fraction of sp³-hybridized carbons (Fsp3) is 0.176. The first kappa shape index (κ1) is 14.0. The van der Waals surface area contributed by atoms with Crippen molar-refractivity contribution in [2.24, 2.45) is 0 Å². The molecular formula is C17H15BrN2O. The maximum Gasteiger partial charge on any atom is 0.256 e. The molecule has 0 spiro atoms. The molecule has 2 heterocycles. The molecule has 3 nitrogen and oxygen atoms in total. The fourth-order valence-electron chi connectivity index (χ4n) is 2.46. The highest BCUT2D eigenvalue weighted by Crippen LogP contribution is 2.24. The number of pyridine rings is 1. The molecule has 0 saturated heterocycles. The summed E-state index contributed by atoms with van der Waals surface area (Å²) < 4.78 is 0.865. The molecule has 1 aliphatic heterocycles. The Kier molecular flexibility index (Phi) is 3.88. The predicted molar refractivity (Wildman–Crippen MR) is 87.0 cm³/mol. The molecule has 21 heavy (non-hydrogen) atoms. The number of halogens is 1. The molecule has 0 unspecified atom stereocenters. The second-order valence-electron chi connectivity index (χ2n) is 5.07. The van der Waals surface area contributed by atoms with Gasteiger partial charge in [0.15, 0.2) is 0 Å². The highest BCUT2D eigenvalue weighted by molar-refractivity contribution is 9.10. The van der Waals surface area contributed by atoms with Gasteiger partial charge in [0.25, 0.3) is 5.91 Å². The van der Waals surface area contributed by atoms with Crippen molar-refractivity contribution >= 4 is 27.4 Å². The van der Waals surface area contributed by atoms with E-state index in [0.717, 1.165) is 10.0 Å². The lowest BCUT2D eigenvalue weighted by atomic mass is 10.1. The summed E-state index contributed by atoms with van der Waals surface area (Å²) in [5, 5.41) is 0. The van der Waals surface area contributed by atoms with Gasteiger partial charge in [-0.3, -0.25) is 9.78 Å². The van der Waals surface area contributed by atoms with Crippen molar-refractivity contribution in [3.8, 4) is 0 Å². The van der Waals surface area contributed by atoms with E-state index >= 15 is 0 Å². The first-order chi connectivity index (χ1) is 10.2. The van der Waals surface area contributed by atoms with Gasteiger partial charge in [-0.05, 0) is 39.6 Å². The zero-order chi connectivity index (χ0) is 14.8. The van der Waals surface area contributed by atoms with Gasteiger partial charge in [0.1, 0.15) is 0 Å². The summed E-state index contributed by atoms with van der Waals surface area (Å²) in [5.41, 5.74) is 3.97. The monoisotopic (exact) mass is 342 g/mol. The molecule has 0 fully saturated rings. The quantitative estimate of drug-likeness (QED) is 0.833. The minimum absolute atomic E-state index is 0.0310. The molecular weight excluding hydrogens is 328 g/mol.